The Kier molecular flexibility index (Phi) is 3.90. The molecule has 0 radical (unpaired) electrons. The number of allylic oxidation sites excluding steroid dienone is 13. The molecule has 3 heteroatoms. The van der Waals surface area contributed by atoms with Crippen LogP contribution in [-0.4, -0.2) is 9.55 Å². The van der Waals surface area contributed by atoms with Gasteiger partial charge in [0.25, 0.3) is 0 Å². The van der Waals surface area contributed by atoms with Crippen LogP contribution in [0.2, 0.25) is 0 Å². The minimum atomic E-state index is 0.276. The molecule has 3 nitrogen and oxygen atoms in total. The molecular formula is C35H23N3. The Morgan fingerprint density at radius 2 is 1.61 bits per heavy atom. The minimum absolute atomic E-state index is 0.276. The van der Waals surface area contributed by atoms with Crippen LogP contribution >= 0.6 is 0 Å². The first kappa shape index (κ1) is 20.2. The highest BCUT2D eigenvalue weighted by molar-refractivity contribution is 6.02. The van der Waals surface area contributed by atoms with Crippen LogP contribution in [0.1, 0.15) is 6.42 Å². The van der Waals surface area contributed by atoms with E-state index in [4.69, 9.17) is 4.98 Å². The van der Waals surface area contributed by atoms with Crippen molar-refractivity contribution >= 4 is 22.4 Å². The molecule has 0 bridgehead atoms. The van der Waals surface area contributed by atoms with Gasteiger partial charge in [-0.05, 0) is 64.6 Å². The van der Waals surface area contributed by atoms with E-state index in [0.29, 0.717) is 0 Å². The lowest BCUT2D eigenvalue weighted by Gasteiger charge is -2.42. The molecule has 0 saturated carbocycles. The van der Waals surface area contributed by atoms with Gasteiger partial charge >= 0.3 is 0 Å². The molecule has 1 unspecified atom stereocenters. The summed E-state index contributed by atoms with van der Waals surface area (Å²) in [6.45, 7) is 0. The summed E-state index contributed by atoms with van der Waals surface area (Å²) in [5.74, 6) is 1.25. The molecular weight excluding hydrogens is 462 g/mol. The molecule has 0 fully saturated rings. The Labute approximate surface area is 221 Å². The van der Waals surface area contributed by atoms with E-state index in [-0.39, 0.29) is 5.92 Å². The molecule has 4 aliphatic carbocycles. The third kappa shape index (κ3) is 2.55. The summed E-state index contributed by atoms with van der Waals surface area (Å²) in [6, 6.07) is 25.8. The van der Waals surface area contributed by atoms with Crippen LogP contribution in [0.5, 0.6) is 0 Å². The Hall–Kier alpha value is -4.89. The van der Waals surface area contributed by atoms with E-state index in [1.807, 2.05) is 0 Å². The summed E-state index contributed by atoms with van der Waals surface area (Å²) in [7, 11) is 0. The fourth-order valence-electron chi connectivity index (χ4n) is 6.84. The Balaban J connectivity index is 1.35. The summed E-state index contributed by atoms with van der Waals surface area (Å²) < 4.78 is 2.35. The number of anilines is 2. The number of rotatable bonds is 2. The first-order chi connectivity index (χ1) is 18.9. The van der Waals surface area contributed by atoms with Crippen LogP contribution < -0.4 is 4.90 Å². The van der Waals surface area contributed by atoms with Crippen LogP contribution in [0.4, 0.5) is 11.4 Å². The van der Waals surface area contributed by atoms with Gasteiger partial charge in [-0.2, -0.15) is 0 Å². The van der Waals surface area contributed by atoms with Crippen molar-refractivity contribution < 1.29 is 0 Å². The van der Waals surface area contributed by atoms with Gasteiger partial charge in [-0.1, -0.05) is 91.1 Å². The number of para-hydroxylation sites is 3. The summed E-state index contributed by atoms with van der Waals surface area (Å²) in [5, 5.41) is 0. The molecule has 9 rings (SSSR count). The van der Waals surface area contributed by atoms with Gasteiger partial charge in [0.2, 0.25) is 0 Å². The number of fused-ring (bicyclic) bond motifs is 2. The fourth-order valence-corrected chi connectivity index (χ4v) is 6.84. The van der Waals surface area contributed by atoms with Crippen molar-refractivity contribution in [2.45, 2.75) is 6.42 Å². The number of nitrogens with zero attached hydrogens (tertiary/aromatic N) is 3. The van der Waals surface area contributed by atoms with Gasteiger partial charge in [0.05, 0.1) is 33.8 Å². The van der Waals surface area contributed by atoms with Crippen molar-refractivity contribution in [2.24, 2.45) is 5.92 Å². The largest absolute Gasteiger partial charge is 0.306 e. The van der Waals surface area contributed by atoms with E-state index in [1.54, 1.807) is 0 Å². The zero-order chi connectivity index (χ0) is 24.8. The van der Waals surface area contributed by atoms with Gasteiger partial charge in [0.1, 0.15) is 5.82 Å². The smallest absolute Gasteiger partial charge is 0.145 e. The lowest BCUT2D eigenvalue weighted by atomic mass is 9.68. The highest BCUT2D eigenvalue weighted by Gasteiger charge is 2.39. The summed E-state index contributed by atoms with van der Waals surface area (Å²) in [6.07, 6.45) is 19.4. The van der Waals surface area contributed by atoms with Crippen molar-refractivity contribution in [3.8, 4) is 17.1 Å². The lowest BCUT2D eigenvalue weighted by molar-refractivity contribution is 0.807. The van der Waals surface area contributed by atoms with Crippen molar-refractivity contribution in [3.63, 3.8) is 0 Å². The first-order valence-corrected chi connectivity index (χ1v) is 13.3. The quantitative estimate of drug-likeness (QED) is 0.285. The second kappa shape index (κ2) is 7.33. The van der Waals surface area contributed by atoms with Gasteiger partial charge in [-0.15, -0.1) is 0 Å². The molecule has 178 valence electrons. The van der Waals surface area contributed by atoms with Crippen LogP contribution in [-0.2, 0) is 0 Å². The van der Waals surface area contributed by atoms with Crippen LogP contribution in [0.25, 0.3) is 28.1 Å². The Bertz CT molecular complexity index is 1940. The average molecular weight is 486 g/mol. The SMILES string of the molecule is C1=CC2=CC=C3C=CCC4=C3C2C(=C1)C(N1c2ccccc2-n2c(-c3ccccc3)nc3cccc1c32)=C4. The second-order valence-electron chi connectivity index (χ2n) is 10.4. The van der Waals surface area contributed by atoms with Gasteiger partial charge < -0.3 is 4.90 Å². The van der Waals surface area contributed by atoms with E-state index in [2.05, 4.69) is 131 Å². The number of hydrogen-bond acceptors (Lipinski definition) is 2. The predicted molar refractivity (Wildman–Crippen MR) is 154 cm³/mol. The van der Waals surface area contributed by atoms with Gasteiger partial charge in [-0.3, -0.25) is 4.57 Å². The normalized spacial score (nSPS) is 20.0. The molecule has 0 N–H and O–H groups in total. The molecule has 4 aromatic rings. The maximum Gasteiger partial charge on any atom is 0.145 e. The summed E-state index contributed by atoms with van der Waals surface area (Å²) in [4.78, 5) is 7.65. The molecule has 1 atom stereocenters. The maximum atomic E-state index is 5.17. The molecule has 0 amide bonds. The summed E-state index contributed by atoms with van der Waals surface area (Å²) >= 11 is 0. The minimum Gasteiger partial charge on any atom is -0.306 e. The number of imidazole rings is 1. The van der Waals surface area contributed by atoms with Gasteiger partial charge in [0.15, 0.2) is 0 Å². The molecule has 0 spiro atoms. The standard InChI is InChI=1S/C35H23N3/c1-2-9-24(10-3-1)35-36-27-15-8-18-30-34(27)38(35)29-17-5-4-16-28(29)37(30)31-21-25-13-6-11-22-19-20-23-12-7-14-26(31)33(23)32(22)25/h1-12,14-21,33H,13H2. The van der Waals surface area contributed by atoms with E-state index < -0.39 is 0 Å². The van der Waals surface area contributed by atoms with Crippen LogP contribution in [0, 0.1) is 5.92 Å². The molecule has 3 aromatic carbocycles. The molecule has 5 aliphatic rings. The zero-order valence-corrected chi connectivity index (χ0v) is 20.7. The fraction of sp³-hybridized carbons (Fsp3) is 0.0571. The van der Waals surface area contributed by atoms with Crippen molar-refractivity contribution in [1.82, 2.24) is 9.55 Å². The number of benzene rings is 3. The first-order valence-electron chi connectivity index (χ1n) is 13.3. The highest BCUT2D eigenvalue weighted by atomic mass is 15.2. The third-order valence-electron chi connectivity index (χ3n) is 8.38. The molecule has 0 saturated heterocycles. The molecule has 1 aromatic heterocycles. The average Bonchev–Trinajstić information content (AvgIpc) is 3.38. The predicted octanol–water partition coefficient (Wildman–Crippen LogP) is 8.28. The van der Waals surface area contributed by atoms with Crippen LogP contribution in [0.15, 0.2) is 155 Å². The zero-order valence-electron chi connectivity index (χ0n) is 20.7. The molecule has 2 heterocycles. The number of hydrogen-bond donors (Lipinski definition) is 0. The van der Waals surface area contributed by atoms with E-state index >= 15 is 0 Å². The van der Waals surface area contributed by atoms with E-state index in [1.165, 1.54) is 44.9 Å². The molecule has 1 aliphatic heterocycles. The van der Waals surface area contributed by atoms with E-state index in [9.17, 15) is 0 Å². The summed E-state index contributed by atoms with van der Waals surface area (Å²) in [5.41, 5.74) is 15.0. The third-order valence-corrected chi connectivity index (χ3v) is 8.38. The van der Waals surface area contributed by atoms with E-state index in [0.717, 1.165) is 34.5 Å². The van der Waals surface area contributed by atoms with Crippen molar-refractivity contribution in [1.29, 1.82) is 0 Å². The molecule has 38 heavy (non-hydrogen) atoms. The Morgan fingerprint density at radius 3 is 2.53 bits per heavy atom. The van der Waals surface area contributed by atoms with Gasteiger partial charge in [-0.25, -0.2) is 4.98 Å². The van der Waals surface area contributed by atoms with Crippen molar-refractivity contribution in [2.75, 3.05) is 4.90 Å². The topological polar surface area (TPSA) is 21.1 Å². The second-order valence-corrected chi connectivity index (χ2v) is 10.4. The number of aromatic nitrogens is 2. The maximum absolute atomic E-state index is 5.17. The van der Waals surface area contributed by atoms with Crippen molar-refractivity contribution in [3.05, 3.63) is 155 Å². The monoisotopic (exact) mass is 485 g/mol. The lowest BCUT2D eigenvalue weighted by Crippen LogP contribution is -2.31. The van der Waals surface area contributed by atoms with Crippen LogP contribution in [0.3, 0.4) is 0 Å². The highest BCUT2D eigenvalue weighted by Crippen LogP contribution is 2.54. The Morgan fingerprint density at radius 1 is 0.763 bits per heavy atom. The van der Waals surface area contributed by atoms with Gasteiger partial charge in [0, 0.05) is 11.5 Å².